The van der Waals surface area contributed by atoms with Crippen LogP contribution in [0, 0.1) is 0 Å². The first kappa shape index (κ1) is 21.4. The molecule has 0 spiro atoms. The van der Waals surface area contributed by atoms with E-state index in [1.165, 1.54) is 0 Å². The second-order valence-electron chi connectivity index (χ2n) is 7.12. The van der Waals surface area contributed by atoms with Gasteiger partial charge in [0.2, 0.25) is 11.6 Å². The van der Waals surface area contributed by atoms with Gasteiger partial charge in [0.05, 0.1) is 5.56 Å². The molecule has 2 aromatic heterocycles. The molecular weight excluding hydrogens is 380 g/mol. The van der Waals surface area contributed by atoms with Crippen LogP contribution in [0.5, 0.6) is 0 Å². The molecule has 7 nitrogen and oxygen atoms in total. The number of carbonyl (C=O) groups excluding carboxylic acids is 1. The number of benzene rings is 1. The van der Waals surface area contributed by atoms with Gasteiger partial charge in [-0.1, -0.05) is 51.0 Å². The molecule has 0 atom stereocenters. The molecule has 3 aromatic rings. The lowest BCUT2D eigenvalue weighted by atomic mass is 10.0. The van der Waals surface area contributed by atoms with Crippen molar-refractivity contribution in [3.05, 3.63) is 65.5 Å². The molecule has 0 radical (unpaired) electrons. The van der Waals surface area contributed by atoms with E-state index in [-0.39, 0.29) is 17.2 Å². The Labute approximate surface area is 175 Å². The third kappa shape index (κ3) is 4.97. The third-order valence-corrected chi connectivity index (χ3v) is 4.92. The van der Waals surface area contributed by atoms with E-state index in [1.54, 1.807) is 37.4 Å². The van der Waals surface area contributed by atoms with Gasteiger partial charge in [0, 0.05) is 36.8 Å². The highest BCUT2D eigenvalue weighted by Crippen LogP contribution is 2.23. The summed E-state index contributed by atoms with van der Waals surface area (Å²) in [4.78, 5) is 32.5. The summed E-state index contributed by atoms with van der Waals surface area (Å²) in [7, 11) is 0. The normalized spacial score (nSPS) is 10.9. The second-order valence-corrected chi connectivity index (χ2v) is 7.12. The average Bonchev–Trinajstić information content (AvgIpc) is 3.16. The van der Waals surface area contributed by atoms with Crippen LogP contribution in [0.1, 0.15) is 72.0 Å². The van der Waals surface area contributed by atoms with Crippen molar-refractivity contribution >= 4 is 11.8 Å². The van der Waals surface area contributed by atoms with Crippen LogP contribution in [-0.4, -0.2) is 36.6 Å². The summed E-state index contributed by atoms with van der Waals surface area (Å²) < 4.78 is 1.81. The Morgan fingerprint density at radius 3 is 2.53 bits per heavy atom. The van der Waals surface area contributed by atoms with Crippen molar-refractivity contribution in [2.75, 3.05) is 0 Å². The fraction of sp³-hybridized carbons (Fsp3) is 0.348. The molecule has 0 aliphatic heterocycles. The quantitative estimate of drug-likeness (QED) is 0.395. The summed E-state index contributed by atoms with van der Waals surface area (Å²) in [6, 6.07) is 10.6. The van der Waals surface area contributed by atoms with Crippen LogP contribution in [0.15, 0.2) is 42.6 Å². The van der Waals surface area contributed by atoms with Crippen LogP contribution in [0.2, 0.25) is 0 Å². The molecule has 0 saturated heterocycles. The molecule has 1 aromatic carbocycles. The number of aromatic nitrogens is 4. The minimum absolute atomic E-state index is 0.0703. The number of nitrogens with zero attached hydrogens (tertiary/aromatic N) is 4. The van der Waals surface area contributed by atoms with Gasteiger partial charge in [-0.05, 0) is 24.1 Å². The average molecular weight is 406 g/mol. The van der Waals surface area contributed by atoms with E-state index in [9.17, 15) is 14.7 Å². The molecule has 0 bridgehead atoms. The van der Waals surface area contributed by atoms with Crippen molar-refractivity contribution in [1.29, 1.82) is 0 Å². The fourth-order valence-corrected chi connectivity index (χ4v) is 3.24. The van der Waals surface area contributed by atoms with Gasteiger partial charge < -0.3 is 5.11 Å². The minimum atomic E-state index is -0.969. The van der Waals surface area contributed by atoms with Gasteiger partial charge in [0.15, 0.2) is 0 Å². The molecule has 0 amide bonds. The zero-order valence-corrected chi connectivity index (χ0v) is 17.3. The van der Waals surface area contributed by atoms with Crippen LogP contribution >= 0.6 is 0 Å². The van der Waals surface area contributed by atoms with Gasteiger partial charge in [-0.25, -0.2) is 14.5 Å². The number of aryl methyl sites for hydroxylation is 1. The van der Waals surface area contributed by atoms with Gasteiger partial charge in [0.1, 0.15) is 5.82 Å². The Morgan fingerprint density at radius 2 is 1.87 bits per heavy atom. The molecular formula is C23H26N4O3. The molecule has 0 fully saturated rings. The predicted molar refractivity (Wildman–Crippen MR) is 114 cm³/mol. The van der Waals surface area contributed by atoms with Crippen LogP contribution in [0.25, 0.3) is 11.1 Å². The number of carbonyl (C=O) groups is 2. The summed E-state index contributed by atoms with van der Waals surface area (Å²) in [5, 5.41) is 13.8. The van der Waals surface area contributed by atoms with E-state index in [4.69, 9.17) is 0 Å². The Hall–Kier alpha value is -3.35. The van der Waals surface area contributed by atoms with E-state index in [0.29, 0.717) is 24.2 Å². The molecule has 7 heteroatoms. The number of aromatic carboxylic acids is 1. The fourth-order valence-electron chi connectivity index (χ4n) is 3.24. The van der Waals surface area contributed by atoms with Crippen molar-refractivity contribution in [3.63, 3.8) is 0 Å². The zero-order valence-electron chi connectivity index (χ0n) is 17.3. The highest BCUT2D eigenvalue weighted by molar-refractivity contribution is 5.95. The summed E-state index contributed by atoms with van der Waals surface area (Å²) in [6.07, 6.45) is 5.67. The third-order valence-electron chi connectivity index (χ3n) is 4.92. The van der Waals surface area contributed by atoms with E-state index in [1.807, 2.05) is 16.8 Å². The Morgan fingerprint density at radius 1 is 1.07 bits per heavy atom. The molecule has 0 aliphatic carbocycles. The number of rotatable bonds is 10. The summed E-state index contributed by atoms with van der Waals surface area (Å²) in [5.74, 6) is -0.0628. The maximum atomic E-state index is 12.0. The van der Waals surface area contributed by atoms with E-state index in [0.717, 1.165) is 37.1 Å². The van der Waals surface area contributed by atoms with E-state index in [2.05, 4.69) is 22.0 Å². The first-order valence-electron chi connectivity index (χ1n) is 10.3. The largest absolute Gasteiger partial charge is 0.478 e. The summed E-state index contributed by atoms with van der Waals surface area (Å²) >= 11 is 0. The first-order valence-corrected chi connectivity index (χ1v) is 10.3. The van der Waals surface area contributed by atoms with Crippen molar-refractivity contribution in [3.8, 4) is 11.1 Å². The number of pyridine rings is 1. The summed E-state index contributed by atoms with van der Waals surface area (Å²) in [6.45, 7) is 4.66. The lowest BCUT2D eigenvalue weighted by Gasteiger charge is -2.08. The molecule has 0 unspecified atom stereocenters. The van der Waals surface area contributed by atoms with Crippen LogP contribution in [0.3, 0.4) is 0 Å². The number of carboxylic acid groups (broad SMARTS) is 1. The maximum absolute atomic E-state index is 12.0. The smallest absolute Gasteiger partial charge is 0.336 e. The summed E-state index contributed by atoms with van der Waals surface area (Å²) in [5.41, 5.74) is 2.39. The highest BCUT2D eigenvalue weighted by Gasteiger charge is 2.16. The molecule has 3 rings (SSSR count). The van der Waals surface area contributed by atoms with E-state index < -0.39 is 5.97 Å². The van der Waals surface area contributed by atoms with Gasteiger partial charge in [-0.3, -0.25) is 9.78 Å². The van der Waals surface area contributed by atoms with Crippen LogP contribution in [0.4, 0.5) is 0 Å². The monoisotopic (exact) mass is 406 g/mol. The number of unbranched alkanes of at least 4 members (excludes halogenated alkanes) is 2. The number of hydrogen-bond donors (Lipinski definition) is 1. The number of Topliss-reactive ketones (excluding diaryl/α,β-unsaturated/α-hetero) is 1. The molecule has 2 heterocycles. The SMILES string of the molecule is CCCCCn1nc(C(=O)CC)nc1Cc1ccc(-c2ccccc2C(=O)O)cn1. The highest BCUT2D eigenvalue weighted by atomic mass is 16.4. The molecule has 1 N–H and O–H groups in total. The molecule has 30 heavy (non-hydrogen) atoms. The van der Waals surface area contributed by atoms with Gasteiger partial charge in [0.25, 0.3) is 0 Å². The van der Waals surface area contributed by atoms with Crippen LogP contribution in [-0.2, 0) is 13.0 Å². The van der Waals surface area contributed by atoms with Crippen LogP contribution < -0.4 is 0 Å². The number of hydrogen-bond acceptors (Lipinski definition) is 5. The zero-order chi connectivity index (χ0) is 21.5. The lowest BCUT2D eigenvalue weighted by Crippen LogP contribution is -2.08. The van der Waals surface area contributed by atoms with Crippen molar-refractivity contribution in [2.24, 2.45) is 0 Å². The second kappa shape index (κ2) is 9.91. The number of ketones is 1. The molecule has 0 aliphatic rings. The minimum Gasteiger partial charge on any atom is -0.478 e. The van der Waals surface area contributed by atoms with Crippen molar-refractivity contribution < 1.29 is 14.7 Å². The Bertz CT molecular complexity index is 1030. The molecule has 0 saturated carbocycles. The Kier molecular flexibility index (Phi) is 7.06. The van der Waals surface area contributed by atoms with Gasteiger partial charge in [-0.15, -0.1) is 5.10 Å². The standard InChI is InChI=1S/C23H26N4O3/c1-3-5-8-13-27-21(25-22(26-27)20(28)4-2)14-17-12-11-16(15-24-17)18-9-6-7-10-19(18)23(29)30/h6-7,9-12,15H,3-5,8,13-14H2,1-2H3,(H,29,30). The predicted octanol–water partition coefficient (Wildman–Crippen LogP) is 4.41. The maximum Gasteiger partial charge on any atom is 0.336 e. The topological polar surface area (TPSA) is 98.0 Å². The van der Waals surface area contributed by atoms with Gasteiger partial charge >= 0.3 is 5.97 Å². The van der Waals surface area contributed by atoms with Crippen molar-refractivity contribution in [1.82, 2.24) is 19.7 Å². The number of carboxylic acids is 1. The first-order chi connectivity index (χ1) is 14.5. The van der Waals surface area contributed by atoms with E-state index >= 15 is 0 Å². The lowest BCUT2D eigenvalue weighted by molar-refractivity contribution is 0.0697. The van der Waals surface area contributed by atoms with Gasteiger partial charge in [-0.2, -0.15) is 0 Å². The Balaban J connectivity index is 1.83. The molecule has 156 valence electrons. The van der Waals surface area contributed by atoms with Crippen molar-refractivity contribution in [2.45, 2.75) is 52.5 Å².